The first-order chi connectivity index (χ1) is 13.7. The third-order valence-electron chi connectivity index (χ3n) is 3.76. The highest BCUT2D eigenvalue weighted by Gasteiger charge is 2.30. The Kier molecular flexibility index (Phi) is 6.34. The highest BCUT2D eigenvalue weighted by Crippen LogP contribution is 2.32. The first-order valence-electron chi connectivity index (χ1n) is 8.19. The molecular formula is C20H13ClF4N2OS. The molecule has 0 aromatic heterocycles. The van der Waals surface area contributed by atoms with Crippen LogP contribution in [0.1, 0.15) is 15.9 Å². The van der Waals surface area contributed by atoms with Crippen LogP contribution in [0.15, 0.2) is 71.6 Å². The van der Waals surface area contributed by atoms with E-state index in [2.05, 4.69) is 10.0 Å². The molecule has 0 unspecified atom stereocenters. The number of carbonyl (C=O) groups excluding carboxylic acids is 1. The molecule has 3 rings (SSSR count). The van der Waals surface area contributed by atoms with Gasteiger partial charge in [-0.05, 0) is 72.6 Å². The van der Waals surface area contributed by atoms with Gasteiger partial charge in [0.2, 0.25) is 0 Å². The quantitative estimate of drug-likeness (QED) is 0.336. The molecule has 150 valence electrons. The fraction of sp³-hybridized carbons (Fsp3) is 0.0500. The molecular weight excluding hydrogens is 428 g/mol. The Balaban J connectivity index is 1.61. The molecule has 3 nitrogen and oxygen atoms in total. The number of halogens is 5. The number of anilines is 2. The summed E-state index contributed by atoms with van der Waals surface area (Å²) in [7, 11) is 0. The second-order valence-corrected chi connectivity index (χ2v) is 7.17. The van der Waals surface area contributed by atoms with Crippen LogP contribution in [0, 0.1) is 5.82 Å². The molecule has 0 fully saturated rings. The van der Waals surface area contributed by atoms with Crippen LogP contribution in [-0.4, -0.2) is 5.91 Å². The highest BCUT2D eigenvalue weighted by atomic mass is 35.5. The lowest BCUT2D eigenvalue weighted by molar-refractivity contribution is -0.137. The molecule has 0 atom stereocenters. The van der Waals surface area contributed by atoms with E-state index < -0.39 is 23.5 Å². The molecule has 0 aliphatic heterocycles. The van der Waals surface area contributed by atoms with Crippen molar-refractivity contribution >= 4 is 40.8 Å². The lowest BCUT2D eigenvalue weighted by atomic mass is 10.2. The van der Waals surface area contributed by atoms with Gasteiger partial charge in [-0.25, -0.2) is 4.39 Å². The summed E-state index contributed by atoms with van der Waals surface area (Å²) in [4.78, 5) is 12.9. The molecule has 0 heterocycles. The minimum Gasteiger partial charge on any atom is -0.326 e. The van der Waals surface area contributed by atoms with Crippen molar-refractivity contribution in [2.45, 2.75) is 11.1 Å². The summed E-state index contributed by atoms with van der Waals surface area (Å²) >= 11 is 7.00. The second kappa shape index (κ2) is 8.75. The van der Waals surface area contributed by atoms with Crippen LogP contribution in [0.3, 0.4) is 0 Å². The van der Waals surface area contributed by atoms with Crippen molar-refractivity contribution in [3.8, 4) is 0 Å². The van der Waals surface area contributed by atoms with Crippen molar-refractivity contribution < 1.29 is 22.4 Å². The predicted octanol–water partition coefficient (Wildman–Crippen LogP) is 6.87. The number of rotatable bonds is 5. The molecule has 3 aromatic carbocycles. The number of hydrogen-bond acceptors (Lipinski definition) is 3. The van der Waals surface area contributed by atoms with Crippen LogP contribution >= 0.6 is 23.5 Å². The summed E-state index contributed by atoms with van der Waals surface area (Å²) in [5, 5.41) is 2.64. The molecule has 0 bridgehead atoms. The molecule has 2 N–H and O–H groups in total. The second-order valence-electron chi connectivity index (χ2n) is 5.89. The zero-order chi connectivity index (χ0) is 21.0. The van der Waals surface area contributed by atoms with Gasteiger partial charge in [-0.1, -0.05) is 17.7 Å². The Morgan fingerprint density at radius 1 is 0.931 bits per heavy atom. The van der Waals surface area contributed by atoms with Crippen molar-refractivity contribution in [1.82, 2.24) is 0 Å². The van der Waals surface area contributed by atoms with E-state index in [0.29, 0.717) is 11.4 Å². The van der Waals surface area contributed by atoms with E-state index in [4.69, 9.17) is 11.6 Å². The average Bonchev–Trinajstić information content (AvgIpc) is 2.67. The van der Waals surface area contributed by atoms with Crippen LogP contribution < -0.4 is 10.0 Å². The third-order valence-corrected chi connectivity index (χ3v) is 4.92. The number of amides is 1. The van der Waals surface area contributed by atoms with Gasteiger partial charge in [0.1, 0.15) is 5.82 Å². The number of carbonyl (C=O) groups is 1. The van der Waals surface area contributed by atoms with Crippen molar-refractivity contribution in [2.75, 3.05) is 10.0 Å². The van der Waals surface area contributed by atoms with Gasteiger partial charge >= 0.3 is 6.18 Å². The molecule has 1 amide bonds. The van der Waals surface area contributed by atoms with E-state index in [0.717, 1.165) is 41.1 Å². The lowest BCUT2D eigenvalue weighted by Crippen LogP contribution is -2.12. The minimum absolute atomic E-state index is 0.0000343. The van der Waals surface area contributed by atoms with E-state index >= 15 is 0 Å². The SMILES string of the molecule is O=C(Nc1ccc(SNc2cccc(C(F)(F)F)c2)cc1)c1ccc(F)cc1Cl. The Hall–Kier alpha value is -2.71. The lowest BCUT2D eigenvalue weighted by Gasteiger charge is -2.11. The van der Waals surface area contributed by atoms with Crippen molar-refractivity contribution in [2.24, 2.45) is 0 Å². The highest BCUT2D eigenvalue weighted by molar-refractivity contribution is 8.00. The molecule has 0 aliphatic rings. The van der Waals surface area contributed by atoms with E-state index in [1.807, 2.05) is 0 Å². The number of alkyl halides is 3. The third kappa shape index (κ3) is 5.65. The van der Waals surface area contributed by atoms with Gasteiger partial charge in [0.25, 0.3) is 5.91 Å². The predicted molar refractivity (Wildman–Crippen MR) is 107 cm³/mol. The Morgan fingerprint density at radius 3 is 2.31 bits per heavy atom. The molecule has 0 saturated heterocycles. The topological polar surface area (TPSA) is 41.1 Å². The van der Waals surface area contributed by atoms with Gasteiger partial charge in [-0.15, -0.1) is 0 Å². The fourth-order valence-electron chi connectivity index (χ4n) is 2.36. The number of nitrogens with one attached hydrogen (secondary N) is 2. The van der Waals surface area contributed by atoms with Crippen LogP contribution in [0.4, 0.5) is 28.9 Å². The molecule has 9 heteroatoms. The van der Waals surface area contributed by atoms with Crippen LogP contribution in [0.5, 0.6) is 0 Å². The molecule has 0 saturated carbocycles. The van der Waals surface area contributed by atoms with Crippen LogP contribution in [0.25, 0.3) is 0 Å². The molecule has 0 aliphatic carbocycles. The van der Waals surface area contributed by atoms with Crippen molar-refractivity contribution in [3.05, 3.63) is 88.7 Å². The zero-order valence-electron chi connectivity index (χ0n) is 14.6. The standard InChI is InChI=1S/C20H13ClF4N2OS/c21-18-11-13(22)4-9-17(18)19(28)26-14-5-7-16(8-6-14)29-27-15-3-1-2-12(10-15)20(23,24)25/h1-11,27H,(H,26,28). The van der Waals surface area contributed by atoms with E-state index in [1.54, 1.807) is 24.3 Å². The Bertz CT molecular complexity index is 1030. The summed E-state index contributed by atoms with van der Waals surface area (Å²) in [6.45, 7) is 0. The summed E-state index contributed by atoms with van der Waals surface area (Å²) in [5.41, 5.74) is 0.199. The van der Waals surface area contributed by atoms with Gasteiger partial charge in [0, 0.05) is 16.3 Å². The van der Waals surface area contributed by atoms with Gasteiger partial charge in [-0.2, -0.15) is 13.2 Å². The summed E-state index contributed by atoms with van der Waals surface area (Å²) < 4.78 is 54.2. The molecule has 0 radical (unpaired) electrons. The van der Waals surface area contributed by atoms with Crippen molar-refractivity contribution in [3.63, 3.8) is 0 Å². The maximum absolute atomic E-state index is 13.1. The zero-order valence-corrected chi connectivity index (χ0v) is 16.1. The molecule has 0 spiro atoms. The van der Waals surface area contributed by atoms with Gasteiger partial charge in [0.15, 0.2) is 0 Å². The first-order valence-corrected chi connectivity index (χ1v) is 9.38. The normalized spacial score (nSPS) is 11.2. The van der Waals surface area contributed by atoms with Crippen LogP contribution in [-0.2, 0) is 6.18 Å². The monoisotopic (exact) mass is 440 g/mol. The summed E-state index contributed by atoms with van der Waals surface area (Å²) in [5.74, 6) is -1.03. The number of benzene rings is 3. The maximum atomic E-state index is 13.1. The molecule has 29 heavy (non-hydrogen) atoms. The Morgan fingerprint density at radius 2 is 1.66 bits per heavy atom. The summed E-state index contributed by atoms with van der Waals surface area (Å²) in [6.07, 6.45) is -4.41. The first kappa shape index (κ1) is 21.0. The van der Waals surface area contributed by atoms with E-state index in [1.165, 1.54) is 18.2 Å². The number of hydrogen-bond donors (Lipinski definition) is 2. The Labute approximate surface area is 173 Å². The fourth-order valence-corrected chi connectivity index (χ4v) is 3.24. The van der Waals surface area contributed by atoms with Gasteiger partial charge < -0.3 is 10.0 Å². The summed E-state index contributed by atoms with van der Waals surface area (Å²) in [6, 6.07) is 15.0. The van der Waals surface area contributed by atoms with Crippen molar-refractivity contribution in [1.29, 1.82) is 0 Å². The largest absolute Gasteiger partial charge is 0.416 e. The van der Waals surface area contributed by atoms with Gasteiger partial charge in [-0.3, -0.25) is 4.79 Å². The van der Waals surface area contributed by atoms with Gasteiger partial charge in [0.05, 0.1) is 16.1 Å². The minimum atomic E-state index is -4.41. The maximum Gasteiger partial charge on any atom is 0.416 e. The van der Waals surface area contributed by atoms with E-state index in [9.17, 15) is 22.4 Å². The average molecular weight is 441 g/mol. The van der Waals surface area contributed by atoms with Crippen LogP contribution in [0.2, 0.25) is 5.02 Å². The molecule has 3 aromatic rings. The van der Waals surface area contributed by atoms with E-state index in [-0.39, 0.29) is 10.6 Å². The smallest absolute Gasteiger partial charge is 0.326 e.